The molecule has 0 unspecified atom stereocenters. The highest BCUT2D eigenvalue weighted by Gasteiger charge is 2.13. The number of rotatable bonds is 6. The second kappa shape index (κ2) is 7.16. The van der Waals surface area contributed by atoms with Crippen molar-refractivity contribution in [3.63, 3.8) is 0 Å². The lowest BCUT2D eigenvalue weighted by Gasteiger charge is -2.12. The van der Waals surface area contributed by atoms with E-state index in [2.05, 4.69) is 26.0 Å². The predicted molar refractivity (Wildman–Crippen MR) is 82.7 cm³/mol. The Morgan fingerprint density at radius 3 is 2.60 bits per heavy atom. The van der Waals surface area contributed by atoms with Crippen molar-refractivity contribution in [1.82, 2.24) is 9.03 Å². The van der Waals surface area contributed by atoms with Crippen LogP contribution in [0.1, 0.15) is 12.0 Å². The van der Waals surface area contributed by atoms with Crippen LogP contribution in [0.15, 0.2) is 22.7 Å². The Bertz CT molecular complexity index is 588. The first-order valence-corrected chi connectivity index (χ1v) is 8.19. The minimum Gasteiger partial charge on any atom is -0.326 e. The number of nitrogens with one attached hydrogen (secondary N) is 2. The molecule has 0 spiro atoms. The first-order chi connectivity index (χ1) is 9.22. The Morgan fingerprint density at radius 1 is 1.35 bits per heavy atom. The van der Waals surface area contributed by atoms with Crippen LogP contribution in [0.5, 0.6) is 0 Å². The van der Waals surface area contributed by atoms with Gasteiger partial charge < -0.3 is 5.32 Å². The van der Waals surface area contributed by atoms with Crippen LogP contribution in [0.25, 0.3) is 0 Å². The summed E-state index contributed by atoms with van der Waals surface area (Å²) in [7, 11) is -0.638. The van der Waals surface area contributed by atoms with Crippen molar-refractivity contribution in [2.45, 2.75) is 13.3 Å². The van der Waals surface area contributed by atoms with E-state index in [1.54, 1.807) is 6.07 Å². The summed E-state index contributed by atoms with van der Waals surface area (Å²) in [6, 6.07) is 5.57. The Hall–Kier alpha value is -0.960. The van der Waals surface area contributed by atoms with Gasteiger partial charge in [0.1, 0.15) is 0 Å². The highest BCUT2D eigenvalue weighted by Crippen LogP contribution is 2.20. The van der Waals surface area contributed by atoms with Crippen molar-refractivity contribution in [2.24, 2.45) is 0 Å². The van der Waals surface area contributed by atoms with Crippen LogP contribution in [0, 0.1) is 6.92 Å². The first-order valence-electron chi connectivity index (χ1n) is 5.95. The highest BCUT2D eigenvalue weighted by atomic mass is 79.9. The van der Waals surface area contributed by atoms with Crippen molar-refractivity contribution >= 4 is 37.7 Å². The van der Waals surface area contributed by atoms with Gasteiger partial charge >= 0.3 is 0 Å². The molecule has 20 heavy (non-hydrogen) atoms. The molecule has 2 N–H and O–H groups in total. The minimum atomic E-state index is -3.49. The molecule has 0 aliphatic rings. The number of carbonyl (C=O) groups excluding carboxylic acids is 1. The SMILES string of the molecule is Cc1ccc(Br)cc1NC(=O)CCNS(=O)(=O)N(C)C. The van der Waals surface area contributed by atoms with E-state index < -0.39 is 10.2 Å². The zero-order valence-corrected chi connectivity index (χ0v) is 14.0. The van der Waals surface area contributed by atoms with Gasteiger partial charge in [0.25, 0.3) is 10.2 Å². The smallest absolute Gasteiger partial charge is 0.278 e. The number of amides is 1. The Labute approximate surface area is 127 Å². The van der Waals surface area contributed by atoms with E-state index in [1.807, 2.05) is 19.1 Å². The van der Waals surface area contributed by atoms with E-state index in [1.165, 1.54) is 14.1 Å². The van der Waals surface area contributed by atoms with Gasteiger partial charge in [0.15, 0.2) is 0 Å². The van der Waals surface area contributed by atoms with Crippen LogP contribution in [0.4, 0.5) is 5.69 Å². The lowest BCUT2D eigenvalue weighted by molar-refractivity contribution is -0.116. The molecule has 0 radical (unpaired) electrons. The van der Waals surface area contributed by atoms with Crippen molar-refractivity contribution in [3.8, 4) is 0 Å². The minimum absolute atomic E-state index is 0.0550. The fourth-order valence-corrected chi connectivity index (χ4v) is 2.34. The molecule has 8 heteroatoms. The van der Waals surface area contributed by atoms with E-state index in [0.717, 1.165) is 14.3 Å². The summed E-state index contributed by atoms with van der Waals surface area (Å²) in [6.07, 6.45) is 0.0685. The topological polar surface area (TPSA) is 78.5 Å². The molecule has 0 aliphatic carbocycles. The Balaban J connectivity index is 2.51. The van der Waals surface area contributed by atoms with Gasteiger partial charge in [0, 0.05) is 37.2 Å². The van der Waals surface area contributed by atoms with E-state index >= 15 is 0 Å². The van der Waals surface area contributed by atoms with Crippen molar-refractivity contribution in [3.05, 3.63) is 28.2 Å². The van der Waals surface area contributed by atoms with E-state index in [4.69, 9.17) is 0 Å². The monoisotopic (exact) mass is 363 g/mol. The quantitative estimate of drug-likeness (QED) is 0.803. The molecule has 0 saturated heterocycles. The number of carbonyl (C=O) groups is 1. The normalized spacial score (nSPS) is 11.7. The molecular formula is C12H18BrN3O3S. The molecule has 1 amide bonds. The molecule has 1 rings (SSSR count). The standard InChI is InChI=1S/C12H18BrN3O3S/c1-9-4-5-10(13)8-11(9)15-12(17)6-7-14-20(18,19)16(2)3/h4-5,8,14H,6-7H2,1-3H3,(H,15,17). The molecular weight excluding hydrogens is 346 g/mol. The maximum Gasteiger partial charge on any atom is 0.278 e. The number of nitrogens with zero attached hydrogens (tertiary/aromatic N) is 1. The van der Waals surface area contributed by atoms with Gasteiger partial charge in [-0.3, -0.25) is 4.79 Å². The molecule has 1 aromatic carbocycles. The lowest BCUT2D eigenvalue weighted by atomic mass is 10.2. The lowest BCUT2D eigenvalue weighted by Crippen LogP contribution is -2.37. The van der Waals surface area contributed by atoms with E-state index in [0.29, 0.717) is 5.69 Å². The predicted octanol–water partition coefficient (Wildman–Crippen LogP) is 1.48. The third kappa shape index (κ3) is 5.20. The molecule has 0 heterocycles. The van der Waals surface area contributed by atoms with Crippen LogP contribution in [-0.4, -0.2) is 39.3 Å². The van der Waals surface area contributed by atoms with Gasteiger partial charge in [-0.15, -0.1) is 0 Å². The number of hydrogen-bond donors (Lipinski definition) is 2. The van der Waals surface area contributed by atoms with Gasteiger partial charge in [0.2, 0.25) is 5.91 Å². The summed E-state index contributed by atoms with van der Waals surface area (Å²) in [6.45, 7) is 1.94. The van der Waals surface area contributed by atoms with Crippen LogP contribution in [0.2, 0.25) is 0 Å². The average Bonchev–Trinajstić information content (AvgIpc) is 2.33. The van der Waals surface area contributed by atoms with Gasteiger partial charge in [-0.2, -0.15) is 12.7 Å². The number of benzene rings is 1. The van der Waals surface area contributed by atoms with E-state index in [-0.39, 0.29) is 18.9 Å². The number of hydrogen-bond acceptors (Lipinski definition) is 3. The van der Waals surface area contributed by atoms with Gasteiger partial charge in [-0.1, -0.05) is 22.0 Å². The number of halogens is 1. The molecule has 6 nitrogen and oxygen atoms in total. The second-order valence-electron chi connectivity index (χ2n) is 4.44. The highest BCUT2D eigenvalue weighted by molar-refractivity contribution is 9.10. The molecule has 0 aromatic heterocycles. The van der Waals surface area contributed by atoms with Gasteiger partial charge in [-0.05, 0) is 24.6 Å². The molecule has 0 atom stereocenters. The summed E-state index contributed by atoms with van der Waals surface area (Å²) in [5.41, 5.74) is 1.65. The van der Waals surface area contributed by atoms with Crippen molar-refractivity contribution in [2.75, 3.05) is 26.0 Å². The third-order valence-corrected chi connectivity index (χ3v) is 4.61. The van der Waals surface area contributed by atoms with Crippen LogP contribution in [0.3, 0.4) is 0 Å². The molecule has 0 aliphatic heterocycles. The maximum atomic E-state index is 11.8. The molecule has 0 fully saturated rings. The van der Waals surface area contributed by atoms with E-state index in [9.17, 15) is 13.2 Å². The van der Waals surface area contributed by atoms with Crippen LogP contribution in [-0.2, 0) is 15.0 Å². The molecule has 0 bridgehead atoms. The third-order valence-electron chi connectivity index (χ3n) is 2.59. The van der Waals surface area contributed by atoms with Gasteiger partial charge in [-0.25, -0.2) is 4.72 Å². The van der Waals surface area contributed by atoms with Crippen LogP contribution >= 0.6 is 15.9 Å². The number of aryl methyl sites for hydroxylation is 1. The fourth-order valence-electron chi connectivity index (χ4n) is 1.36. The zero-order valence-electron chi connectivity index (χ0n) is 11.6. The average molecular weight is 364 g/mol. The summed E-state index contributed by atoms with van der Waals surface area (Å²) >= 11 is 3.33. The zero-order chi connectivity index (χ0) is 15.3. The van der Waals surface area contributed by atoms with Crippen LogP contribution < -0.4 is 10.0 Å². The molecule has 1 aromatic rings. The maximum absolute atomic E-state index is 11.8. The second-order valence-corrected chi connectivity index (χ2v) is 7.32. The van der Waals surface area contributed by atoms with Crippen molar-refractivity contribution in [1.29, 1.82) is 0 Å². The molecule has 112 valence electrons. The summed E-state index contributed by atoms with van der Waals surface area (Å²) < 4.78 is 27.1. The van der Waals surface area contributed by atoms with Gasteiger partial charge in [0.05, 0.1) is 0 Å². The summed E-state index contributed by atoms with van der Waals surface area (Å²) in [5.74, 6) is -0.243. The largest absolute Gasteiger partial charge is 0.326 e. The molecule has 0 saturated carbocycles. The first kappa shape index (κ1) is 17.1. The fraction of sp³-hybridized carbons (Fsp3) is 0.417. The van der Waals surface area contributed by atoms with Crippen molar-refractivity contribution < 1.29 is 13.2 Å². The Kier molecular flexibility index (Phi) is 6.12. The summed E-state index contributed by atoms with van der Waals surface area (Å²) in [5, 5.41) is 2.75. The Morgan fingerprint density at radius 2 is 2.00 bits per heavy atom. The summed E-state index contributed by atoms with van der Waals surface area (Å²) in [4.78, 5) is 11.8. The number of anilines is 1.